The molecular weight excluding hydrogens is 330 g/mol. The van der Waals surface area contributed by atoms with Crippen LogP contribution in [0.15, 0.2) is 36.4 Å². The van der Waals surface area contributed by atoms with E-state index in [0.717, 1.165) is 77.8 Å². The van der Waals surface area contributed by atoms with E-state index in [0.29, 0.717) is 0 Å². The van der Waals surface area contributed by atoms with Crippen molar-refractivity contribution in [2.45, 2.75) is 38.5 Å². The molecule has 0 fully saturated rings. The zero-order valence-corrected chi connectivity index (χ0v) is 16.4. The average Bonchev–Trinajstić information content (AvgIpc) is 2.66. The van der Waals surface area contributed by atoms with Crippen LogP contribution >= 0.6 is 0 Å². The van der Waals surface area contributed by atoms with Gasteiger partial charge in [-0.05, 0) is 111 Å². The maximum Gasteiger partial charge on any atom is -0.000822 e. The van der Waals surface area contributed by atoms with Gasteiger partial charge in [0, 0.05) is 0 Å². The molecule has 0 saturated carbocycles. The third kappa shape index (κ3) is 5.65. The Morgan fingerprint density at radius 2 is 0.519 bits per heavy atom. The van der Waals surface area contributed by atoms with Crippen molar-refractivity contribution in [3.05, 3.63) is 69.8 Å². The third-order valence-corrected chi connectivity index (χ3v) is 5.77. The molecule has 3 heterocycles. The number of nitrogens with one attached hydrogen (secondary N) is 3. The van der Waals surface area contributed by atoms with E-state index in [-0.39, 0.29) is 0 Å². The van der Waals surface area contributed by atoms with Crippen LogP contribution < -0.4 is 16.0 Å². The van der Waals surface area contributed by atoms with Crippen LogP contribution in [0, 0.1) is 0 Å². The molecule has 0 amide bonds. The van der Waals surface area contributed by atoms with E-state index >= 15 is 0 Å². The fourth-order valence-electron chi connectivity index (χ4n) is 4.32. The molecule has 0 radical (unpaired) electrons. The molecule has 3 N–H and O–H groups in total. The summed E-state index contributed by atoms with van der Waals surface area (Å²) in [5, 5.41) is 11.0. The van der Waals surface area contributed by atoms with Gasteiger partial charge in [0.1, 0.15) is 0 Å². The molecular formula is C24H33N3. The number of benzene rings is 2. The molecule has 3 nitrogen and oxygen atoms in total. The van der Waals surface area contributed by atoms with E-state index in [1.54, 1.807) is 0 Å². The van der Waals surface area contributed by atoms with Crippen LogP contribution in [0.1, 0.15) is 33.4 Å². The molecule has 27 heavy (non-hydrogen) atoms. The Kier molecular flexibility index (Phi) is 6.57. The molecule has 0 aromatic heterocycles. The lowest BCUT2D eigenvalue weighted by Gasteiger charge is -2.15. The van der Waals surface area contributed by atoms with Gasteiger partial charge in [-0.3, -0.25) is 0 Å². The summed E-state index contributed by atoms with van der Waals surface area (Å²) in [6.07, 6.45) is 6.71. The molecule has 6 bridgehead atoms. The lowest BCUT2D eigenvalue weighted by molar-refractivity contribution is 0.660. The Labute approximate surface area is 164 Å². The van der Waals surface area contributed by atoms with Gasteiger partial charge in [0.2, 0.25) is 0 Å². The fraction of sp³-hybridized carbons (Fsp3) is 0.500. The standard InChI is InChI=1S/C24H33N3/c1-7-25-8-2-22-16-23-5-11-26-9-3-20-13-19(1)14-21(15-20)4-10-27-12-6-24(17-22)18-23/h13-18,25-27H,1-12H2. The summed E-state index contributed by atoms with van der Waals surface area (Å²) in [7, 11) is 0. The zero-order chi connectivity index (χ0) is 18.3. The Bertz CT molecular complexity index is 567. The summed E-state index contributed by atoms with van der Waals surface area (Å²) < 4.78 is 0. The maximum atomic E-state index is 3.66. The van der Waals surface area contributed by atoms with E-state index in [2.05, 4.69) is 52.3 Å². The Morgan fingerprint density at radius 3 is 0.704 bits per heavy atom. The van der Waals surface area contributed by atoms with Crippen LogP contribution in [0.3, 0.4) is 0 Å². The van der Waals surface area contributed by atoms with Crippen molar-refractivity contribution >= 4 is 0 Å². The topological polar surface area (TPSA) is 36.1 Å². The zero-order valence-electron chi connectivity index (χ0n) is 16.4. The molecule has 144 valence electrons. The van der Waals surface area contributed by atoms with E-state index < -0.39 is 0 Å². The number of hydrogen-bond donors (Lipinski definition) is 3. The van der Waals surface area contributed by atoms with Crippen molar-refractivity contribution in [1.29, 1.82) is 0 Å². The lowest BCUT2D eigenvalue weighted by Crippen LogP contribution is -2.23. The van der Waals surface area contributed by atoms with Crippen molar-refractivity contribution in [1.82, 2.24) is 16.0 Å². The molecule has 0 spiro atoms. The highest BCUT2D eigenvalue weighted by molar-refractivity contribution is 5.32. The summed E-state index contributed by atoms with van der Waals surface area (Å²) in [5.41, 5.74) is 8.91. The van der Waals surface area contributed by atoms with E-state index in [1.165, 1.54) is 33.4 Å². The van der Waals surface area contributed by atoms with Crippen LogP contribution in [0.5, 0.6) is 0 Å². The van der Waals surface area contributed by atoms with Crippen molar-refractivity contribution in [3.8, 4) is 0 Å². The predicted molar refractivity (Wildman–Crippen MR) is 114 cm³/mol. The van der Waals surface area contributed by atoms with Crippen molar-refractivity contribution in [3.63, 3.8) is 0 Å². The van der Waals surface area contributed by atoms with Crippen LogP contribution in [0.2, 0.25) is 0 Å². The highest BCUT2D eigenvalue weighted by Crippen LogP contribution is 2.15. The molecule has 3 heteroatoms. The van der Waals surface area contributed by atoms with Gasteiger partial charge in [0.25, 0.3) is 0 Å². The molecule has 2 aromatic carbocycles. The second kappa shape index (κ2) is 9.50. The highest BCUT2D eigenvalue weighted by Gasteiger charge is 2.07. The van der Waals surface area contributed by atoms with Crippen LogP contribution in [-0.2, 0) is 38.5 Å². The molecule has 0 unspecified atom stereocenters. The minimum absolute atomic E-state index is 1.06. The first kappa shape index (κ1) is 18.7. The molecule has 0 atom stereocenters. The van der Waals surface area contributed by atoms with E-state index in [1.807, 2.05) is 0 Å². The average molecular weight is 364 g/mol. The van der Waals surface area contributed by atoms with E-state index in [4.69, 9.17) is 0 Å². The Morgan fingerprint density at radius 1 is 0.333 bits per heavy atom. The van der Waals surface area contributed by atoms with Gasteiger partial charge in [0.15, 0.2) is 0 Å². The number of hydrogen-bond acceptors (Lipinski definition) is 3. The van der Waals surface area contributed by atoms with Gasteiger partial charge in [0.05, 0.1) is 0 Å². The van der Waals surface area contributed by atoms with Crippen molar-refractivity contribution in [2.24, 2.45) is 0 Å². The van der Waals surface area contributed by atoms with Crippen LogP contribution in [0.25, 0.3) is 0 Å². The van der Waals surface area contributed by atoms with Gasteiger partial charge >= 0.3 is 0 Å². The summed E-state index contributed by atoms with van der Waals surface area (Å²) in [4.78, 5) is 0. The SMILES string of the molecule is c1c2cc3cc1CCNCCc1cc(cc(c1)CCNCC3)CCNCC2. The van der Waals surface area contributed by atoms with Crippen molar-refractivity contribution < 1.29 is 0 Å². The van der Waals surface area contributed by atoms with Gasteiger partial charge in [-0.2, -0.15) is 0 Å². The fourth-order valence-corrected chi connectivity index (χ4v) is 4.32. The van der Waals surface area contributed by atoms with Crippen molar-refractivity contribution in [2.75, 3.05) is 39.3 Å². The van der Waals surface area contributed by atoms with Gasteiger partial charge in [-0.1, -0.05) is 36.4 Å². The smallest absolute Gasteiger partial charge is 0.000822 e. The summed E-state index contributed by atoms with van der Waals surface area (Å²) in [5.74, 6) is 0. The Hall–Kier alpha value is -1.68. The molecule has 2 aromatic rings. The predicted octanol–water partition coefficient (Wildman–Crippen LogP) is 2.44. The molecule has 5 rings (SSSR count). The minimum Gasteiger partial charge on any atom is -0.316 e. The largest absolute Gasteiger partial charge is 0.316 e. The van der Waals surface area contributed by atoms with Gasteiger partial charge in [-0.25, -0.2) is 0 Å². The number of fused-ring (bicyclic) bond motifs is 12. The second-order valence-corrected chi connectivity index (χ2v) is 8.07. The van der Waals surface area contributed by atoms with Gasteiger partial charge in [-0.15, -0.1) is 0 Å². The quantitative estimate of drug-likeness (QED) is 0.673. The summed E-state index contributed by atoms with van der Waals surface area (Å²) >= 11 is 0. The summed E-state index contributed by atoms with van der Waals surface area (Å²) in [6, 6.07) is 14.5. The molecule has 0 saturated heterocycles. The molecule has 0 aliphatic carbocycles. The lowest BCUT2D eigenvalue weighted by atomic mass is 9.98. The maximum absolute atomic E-state index is 3.66. The minimum atomic E-state index is 1.06. The first-order valence-corrected chi connectivity index (χ1v) is 10.7. The van der Waals surface area contributed by atoms with Gasteiger partial charge < -0.3 is 16.0 Å². The monoisotopic (exact) mass is 363 g/mol. The van der Waals surface area contributed by atoms with Crippen LogP contribution in [0.4, 0.5) is 0 Å². The van der Waals surface area contributed by atoms with Crippen LogP contribution in [-0.4, -0.2) is 39.3 Å². The molecule has 3 aliphatic rings. The summed E-state index contributed by atoms with van der Waals surface area (Å²) in [6.45, 7) is 6.37. The second-order valence-electron chi connectivity index (χ2n) is 8.07. The number of rotatable bonds is 0. The third-order valence-electron chi connectivity index (χ3n) is 5.77. The Balaban J connectivity index is 1.63. The first-order valence-electron chi connectivity index (χ1n) is 10.7. The highest BCUT2D eigenvalue weighted by atomic mass is 14.9. The molecule has 3 aliphatic heterocycles. The van der Waals surface area contributed by atoms with E-state index in [9.17, 15) is 0 Å². The normalized spacial score (nSPS) is 19.1. The first-order chi connectivity index (χ1) is 13.3.